The maximum absolute atomic E-state index is 12.3. The summed E-state index contributed by atoms with van der Waals surface area (Å²) in [6.45, 7) is 1.12. The van der Waals surface area contributed by atoms with E-state index in [4.69, 9.17) is 11.6 Å². The molecule has 1 rings (SSSR count). The lowest BCUT2D eigenvalue weighted by atomic mass is 10.1. The fraction of sp³-hybridized carbons (Fsp3) is 0.222. The summed E-state index contributed by atoms with van der Waals surface area (Å²) in [6, 6.07) is 1.56. The third kappa shape index (κ3) is 2.23. The maximum atomic E-state index is 12.3. The van der Waals surface area contributed by atoms with Crippen molar-refractivity contribution in [3.8, 4) is 5.75 Å². The lowest BCUT2D eigenvalue weighted by molar-refractivity contribution is -0.137. The first-order valence-electron chi connectivity index (χ1n) is 3.84. The summed E-state index contributed by atoms with van der Waals surface area (Å²) >= 11 is 5.30. The number of alkyl halides is 3. The van der Waals surface area contributed by atoms with E-state index >= 15 is 0 Å². The molecule has 15 heavy (non-hydrogen) atoms. The van der Waals surface area contributed by atoms with Gasteiger partial charge in [0, 0.05) is 0 Å². The van der Waals surface area contributed by atoms with Crippen molar-refractivity contribution in [2.45, 2.75) is 13.1 Å². The predicted molar refractivity (Wildman–Crippen MR) is 48.1 cm³/mol. The Morgan fingerprint density at radius 2 is 1.93 bits per heavy atom. The Bertz CT molecular complexity index is 413. The Labute approximate surface area is 88.3 Å². The molecule has 6 heteroatoms. The van der Waals surface area contributed by atoms with E-state index in [1.807, 2.05) is 0 Å². The molecular weight excluding hydrogens is 233 g/mol. The van der Waals surface area contributed by atoms with Gasteiger partial charge in [-0.1, -0.05) is 11.6 Å². The number of phenolic OH excluding ortho intramolecular Hbond substituents is 1. The second-order valence-electron chi connectivity index (χ2n) is 2.88. The molecule has 0 unspecified atom stereocenters. The number of aromatic hydroxyl groups is 1. The number of halogens is 4. The quantitative estimate of drug-likeness (QED) is 0.763. The number of rotatable bonds is 1. The van der Waals surface area contributed by atoms with Crippen molar-refractivity contribution in [2.24, 2.45) is 0 Å². The van der Waals surface area contributed by atoms with Crippen molar-refractivity contribution < 1.29 is 23.1 Å². The van der Waals surface area contributed by atoms with E-state index in [9.17, 15) is 23.1 Å². The Balaban J connectivity index is 3.41. The van der Waals surface area contributed by atoms with Crippen LogP contribution in [0.4, 0.5) is 13.2 Å². The minimum Gasteiger partial charge on any atom is -0.506 e. The maximum Gasteiger partial charge on any atom is 0.417 e. The number of hydrogen-bond donors (Lipinski definition) is 1. The van der Waals surface area contributed by atoms with Crippen LogP contribution in [0, 0.1) is 0 Å². The Hall–Kier alpha value is -1.23. The fourth-order valence-electron chi connectivity index (χ4n) is 1.07. The van der Waals surface area contributed by atoms with Crippen molar-refractivity contribution in [3.05, 3.63) is 28.3 Å². The Morgan fingerprint density at radius 3 is 2.33 bits per heavy atom. The van der Waals surface area contributed by atoms with E-state index < -0.39 is 28.3 Å². The van der Waals surface area contributed by atoms with Crippen LogP contribution >= 0.6 is 11.6 Å². The minimum atomic E-state index is -4.65. The minimum absolute atomic E-state index is 0.229. The zero-order valence-corrected chi connectivity index (χ0v) is 8.28. The molecule has 0 heterocycles. The molecular formula is C9H6ClF3O2. The van der Waals surface area contributed by atoms with Gasteiger partial charge < -0.3 is 5.11 Å². The van der Waals surface area contributed by atoms with Crippen LogP contribution < -0.4 is 0 Å². The summed E-state index contributed by atoms with van der Waals surface area (Å²) in [5.41, 5.74) is -1.39. The van der Waals surface area contributed by atoms with Crippen molar-refractivity contribution in [1.29, 1.82) is 0 Å². The molecule has 0 aromatic heterocycles. The standard InChI is InChI=1S/C9H6ClF3O2/c1-4(14)5-2-3-6(9(11,12)13)7(10)8(5)15/h2-3,15H,1H3. The van der Waals surface area contributed by atoms with E-state index in [2.05, 4.69) is 0 Å². The van der Waals surface area contributed by atoms with Gasteiger partial charge in [-0.2, -0.15) is 13.2 Å². The highest BCUT2D eigenvalue weighted by Gasteiger charge is 2.35. The molecule has 2 nitrogen and oxygen atoms in total. The van der Waals surface area contributed by atoms with Crippen molar-refractivity contribution in [3.63, 3.8) is 0 Å². The molecule has 1 N–H and O–H groups in total. The lowest BCUT2D eigenvalue weighted by Gasteiger charge is -2.11. The van der Waals surface area contributed by atoms with Crippen LogP contribution in [0.1, 0.15) is 22.8 Å². The molecule has 0 saturated heterocycles. The molecule has 0 radical (unpaired) electrons. The van der Waals surface area contributed by atoms with Crippen molar-refractivity contribution in [2.75, 3.05) is 0 Å². The highest BCUT2D eigenvalue weighted by atomic mass is 35.5. The summed E-state index contributed by atoms with van der Waals surface area (Å²) in [4.78, 5) is 10.9. The average molecular weight is 239 g/mol. The molecule has 0 atom stereocenters. The number of Topliss-reactive ketones (excluding diaryl/α,β-unsaturated/α-hetero) is 1. The van der Waals surface area contributed by atoms with E-state index in [0.717, 1.165) is 13.0 Å². The van der Waals surface area contributed by atoms with Crippen molar-refractivity contribution in [1.82, 2.24) is 0 Å². The molecule has 0 fully saturated rings. The Morgan fingerprint density at radius 1 is 1.40 bits per heavy atom. The largest absolute Gasteiger partial charge is 0.506 e. The topological polar surface area (TPSA) is 37.3 Å². The number of hydrogen-bond acceptors (Lipinski definition) is 2. The van der Waals surface area contributed by atoms with Gasteiger partial charge in [0.25, 0.3) is 0 Å². The average Bonchev–Trinajstić information content (AvgIpc) is 2.06. The molecule has 0 amide bonds. The molecule has 0 aliphatic heterocycles. The van der Waals surface area contributed by atoms with Gasteiger partial charge in [0.2, 0.25) is 0 Å². The second kappa shape index (κ2) is 3.73. The number of ketones is 1. The van der Waals surface area contributed by atoms with Gasteiger partial charge in [0.15, 0.2) is 5.78 Å². The summed E-state index contributed by atoms with van der Waals surface area (Å²) in [5, 5.41) is 8.41. The summed E-state index contributed by atoms with van der Waals surface area (Å²) in [5.74, 6) is -1.39. The summed E-state index contributed by atoms with van der Waals surface area (Å²) < 4.78 is 36.8. The first-order valence-corrected chi connectivity index (χ1v) is 4.22. The van der Waals surface area contributed by atoms with Gasteiger partial charge in [-0.3, -0.25) is 4.79 Å². The van der Waals surface area contributed by atoms with Crippen LogP contribution in [-0.4, -0.2) is 10.9 Å². The smallest absolute Gasteiger partial charge is 0.417 e. The van der Waals surface area contributed by atoms with Crippen molar-refractivity contribution >= 4 is 17.4 Å². The van der Waals surface area contributed by atoms with Crippen LogP contribution in [0.3, 0.4) is 0 Å². The highest BCUT2D eigenvalue weighted by molar-refractivity contribution is 6.33. The number of benzene rings is 1. The summed E-state index contributed by atoms with van der Waals surface area (Å²) in [6.07, 6.45) is -4.65. The molecule has 82 valence electrons. The zero-order chi connectivity index (χ0) is 11.8. The number of phenols is 1. The number of carbonyl (C=O) groups is 1. The SMILES string of the molecule is CC(=O)c1ccc(C(F)(F)F)c(Cl)c1O. The monoisotopic (exact) mass is 238 g/mol. The third-order valence-electron chi connectivity index (χ3n) is 1.80. The van der Waals surface area contributed by atoms with E-state index in [-0.39, 0.29) is 5.56 Å². The molecule has 0 saturated carbocycles. The van der Waals surface area contributed by atoms with Crippen LogP contribution in [-0.2, 0) is 6.18 Å². The highest BCUT2D eigenvalue weighted by Crippen LogP contribution is 2.40. The van der Waals surface area contributed by atoms with Gasteiger partial charge in [-0.15, -0.1) is 0 Å². The number of carbonyl (C=O) groups excluding carboxylic acids is 1. The third-order valence-corrected chi connectivity index (χ3v) is 2.18. The summed E-state index contributed by atoms with van der Waals surface area (Å²) in [7, 11) is 0. The van der Waals surface area contributed by atoms with Gasteiger partial charge in [0.1, 0.15) is 5.75 Å². The second-order valence-corrected chi connectivity index (χ2v) is 3.26. The molecule has 1 aromatic carbocycles. The first kappa shape index (κ1) is 11.8. The normalized spacial score (nSPS) is 11.5. The van der Waals surface area contributed by atoms with Crippen LogP contribution in [0.25, 0.3) is 0 Å². The molecule has 0 bridgehead atoms. The van der Waals surface area contributed by atoms with E-state index in [0.29, 0.717) is 6.07 Å². The first-order chi connectivity index (χ1) is 6.75. The molecule has 1 aromatic rings. The van der Waals surface area contributed by atoms with E-state index in [1.54, 1.807) is 0 Å². The van der Waals surface area contributed by atoms with Gasteiger partial charge in [-0.25, -0.2) is 0 Å². The van der Waals surface area contributed by atoms with Crippen LogP contribution in [0.5, 0.6) is 5.75 Å². The fourth-order valence-corrected chi connectivity index (χ4v) is 1.34. The zero-order valence-electron chi connectivity index (χ0n) is 7.52. The van der Waals surface area contributed by atoms with E-state index in [1.165, 1.54) is 0 Å². The molecule has 0 aliphatic rings. The van der Waals surface area contributed by atoms with Gasteiger partial charge >= 0.3 is 6.18 Å². The lowest BCUT2D eigenvalue weighted by Crippen LogP contribution is -2.07. The molecule has 0 aliphatic carbocycles. The van der Waals surface area contributed by atoms with Gasteiger partial charge in [-0.05, 0) is 19.1 Å². The van der Waals surface area contributed by atoms with Crippen LogP contribution in [0.2, 0.25) is 5.02 Å². The van der Waals surface area contributed by atoms with Gasteiger partial charge in [0.05, 0.1) is 16.1 Å². The van der Waals surface area contributed by atoms with Crippen LogP contribution in [0.15, 0.2) is 12.1 Å². The Kier molecular flexibility index (Phi) is 2.95. The molecule has 0 spiro atoms. The predicted octanol–water partition coefficient (Wildman–Crippen LogP) is 3.27.